The van der Waals surface area contributed by atoms with E-state index in [-0.39, 0.29) is 5.69 Å². The van der Waals surface area contributed by atoms with Gasteiger partial charge in [0.2, 0.25) is 0 Å². The molecule has 0 aliphatic carbocycles. The molecule has 19 heavy (non-hydrogen) atoms. The van der Waals surface area contributed by atoms with Crippen LogP contribution in [0.3, 0.4) is 0 Å². The van der Waals surface area contributed by atoms with Crippen molar-refractivity contribution < 1.29 is 0 Å². The van der Waals surface area contributed by atoms with Crippen LogP contribution in [0.5, 0.6) is 0 Å². The highest BCUT2D eigenvalue weighted by molar-refractivity contribution is 5.75. The summed E-state index contributed by atoms with van der Waals surface area (Å²) in [5.74, 6) is 0. The highest BCUT2D eigenvalue weighted by Gasteiger charge is 2.08. The second-order valence-electron chi connectivity index (χ2n) is 4.36. The van der Waals surface area contributed by atoms with Gasteiger partial charge < -0.3 is 16.0 Å². The lowest BCUT2D eigenvalue weighted by atomic mass is 10.0. The van der Waals surface area contributed by atoms with Crippen LogP contribution in [-0.4, -0.2) is 23.1 Å². The van der Waals surface area contributed by atoms with Gasteiger partial charge in [0, 0.05) is 12.1 Å². The van der Waals surface area contributed by atoms with Crippen molar-refractivity contribution in [3.05, 3.63) is 46.5 Å². The number of rotatable bonds is 5. The Morgan fingerprint density at radius 2 is 2.16 bits per heavy atom. The van der Waals surface area contributed by atoms with E-state index in [4.69, 9.17) is 5.73 Å². The van der Waals surface area contributed by atoms with Gasteiger partial charge in [0.1, 0.15) is 0 Å². The molecule has 0 fully saturated rings. The van der Waals surface area contributed by atoms with E-state index in [1.165, 1.54) is 0 Å². The molecule has 0 spiro atoms. The molecule has 1 aromatic carbocycles. The van der Waals surface area contributed by atoms with Gasteiger partial charge in [-0.1, -0.05) is 24.3 Å². The molecule has 0 saturated carbocycles. The first-order valence-corrected chi connectivity index (χ1v) is 6.31. The maximum Gasteiger partial charge on any atom is 0.345 e. The van der Waals surface area contributed by atoms with E-state index in [1.54, 1.807) is 6.20 Å². The molecule has 0 bridgehead atoms. The van der Waals surface area contributed by atoms with Crippen LogP contribution >= 0.6 is 0 Å². The molecule has 0 amide bonds. The van der Waals surface area contributed by atoms with Crippen LogP contribution in [0.25, 0.3) is 11.3 Å². The minimum absolute atomic E-state index is 0.345. The fourth-order valence-electron chi connectivity index (χ4n) is 1.92. The van der Waals surface area contributed by atoms with Crippen LogP contribution < -0.4 is 16.7 Å². The summed E-state index contributed by atoms with van der Waals surface area (Å²) in [4.78, 5) is 18.0. The zero-order valence-corrected chi connectivity index (χ0v) is 10.9. The Balaban J connectivity index is 2.40. The van der Waals surface area contributed by atoms with Gasteiger partial charge in [-0.15, -0.1) is 0 Å². The zero-order chi connectivity index (χ0) is 13.7. The second-order valence-corrected chi connectivity index (χ2v) is 4.36. The summed E-state index contributed by atoms with van der Waals surface area (Å²) in [6, 6.07) is 7.91. The molecule has 0 aliphatic rings. The molecule has 5 heteroatoms. The van der Waals surface area contributed by atoms with Crippen LogP contribution in [0, 0.1) is 6.92 Å². The summed E-state index contributed by atoms with van der Waals surface area (Å²) in [5, 5.41) is 3.25. The lowest BCUT2D eigenvalue weighted by Gasteiger charge is -2.12. The first-order chi connectivity index (χ1) is 9.22. The van der Waals surface area contributed by atoms with Gasteiger partial charge in [0.25, 0.3) is 0 Å². The number of hydrogen-bond donors (Lipinski definition) is 3. The molecule has 0 radical (unpaired) electrons. The summed E-state index contributed by atoms with van der Waals surface area (Å²) in [6.45, 7) is 3.39. The molecule has 0 aliphatic heterocycles. The molecular formula is C14H18N4O. The van der Waals surface area contributed by atoms with E-state index in [0.717, 1.165) is 35.5 Å². The van der Waals surface area contributed by atoms with Gasteiger partial charge in [-0.25, -0.2) is 4.79 Å². The van der Waals surface area contributed by atoms with Crippen molar-refractivity contribution in [2.45, 2.75) is 13.3 Å². The maximum absolute atomic E-state index is 11.4. The monoisotopic (exact) mass is 258 g/mol. The first-order valence-electron chi connectivity index (χ1n) is 6.31. The van der Waals surface area contributed by atoms with E-state index in [2.05, 4.69) is 15.3 Å². The summed E-state index contributed by atoms with van der Waals surface area (Å²) >= 11 is 0. The molecule has 2 aromatic rings. The average molecular weight is 258 g/mol. The van der Waals surface area contributed by atoms with E-state index in [0.29, 0.717) is 6.54 Å². The summed E-state index contributed by atoms with van der Waals surface area (Å²) in [7, 11) is 0. The molecular weight excluding hydrogens is 240 g/mol. The SMILES string of the molecule is Cc1ccccc1-c1[nH]c(=O)ncc1NCCCN. The van der Waals surface area contributed by atoms with Crippen molar-refractivity contribution in [2.75, 3.05) is 18.4 Å². The Bertz CT molecular complexity index is 606. The number of benzene rings is 1. The smallest absolute Gasteiger partial charge is 0.345 e. The predicted octanol–water partition coefficient (Wildman–Crippen LogP) is 1.51. The molecule has 0 saturated heterocycles. The topological polar surface area (TPSA) is 83.8 Å². The fourth-order valence-corrected chi connectivity index (χ4v) is 1.92. The third-order valence-electron chi connectivity index (χ3n) is 2.92. The van der Waals surface area contributed by atoms with E-state index in [9.17, 15) is 4.79 Å². The van der Waals surface area contributed by atoms with Crippen LogP contribution in [0.2, 0.25) is 0 Å². The number of nitrogens with two attached hydrogens (primary N) is 1. The second kappa shape index (κ2) is 6.15. The Morgan fingerprint density at radius 1 is 1.37 bits per heavy atom. The number of H-pyrrole nitrogens is 1. The minimum Gasteiger partial charge on any atom is -0.382 e. The molecule has 4 N–H and O–H groups in total. The molecule has 0 atom stereocenters. The standard InChI is InChI=1S/C14H18N4O/c1-10-5-2-3-6-11(10)13-12(16-8-4-7-15)9-17-14(19)18-13/h2-3,5-6,9,16H,4,7-8,15H2,1H3,(H,17,18,19). The number of aromatic nitrogens is 2. The molecule has 0 unspecified atom stereocenters. The number of aromatic amines is 1. The van der Waals surface area contributed by atoms with Crippen molar-refractivity contribution in [3.8, 4) is 11.3 Å². The van der Waals surface area contributed by atoms with Gasteiger partial charge in [-0.2, -0.15) is 4.98 Å². The maximum atomic E-state index is 11.4. The van der Waals surface area contributed by atoms with Crippen molar-refractivity contribution in [2.24, 2.45) is 5.73 Å². The quantitative estimate of drug-likeness (QED) is 0.710. The van der Waals surface area contributed by atoms with Gasteiger partial charge in [0.15, 0.2) is 0 Å². The van der Waals surface area contributed by atoms with Gasteiger partial charge in [-0.3, -0.25) is 0 Å². The van der Waals surface area contributed by atoms with Gasteiger partial charge in [-0.05, 0) is 25.5 Å². The molecule has 1 heterocycles. The lowest BCUT2D eigenvalue weighted by Crippen LogP contribution is -2.15. The number of anilines is 1. The lowest BCUT2D eigenvalue weighted by molar-refractivity contribution is 0.872. The van der Waals surface area contributed by atoms with Crippen molar-refractivity contribution in [1.29, 1.82) is 0 Å². The van der Waals surface area contributed by atoms with Crippen LogP contribution in [0.15, 0.2) is 35.3 Å². The number of aryl methyl sites for hydroxylation is 1. The van der Waals surface area contributed by atoms with Gasteiger partial charge in [0.05, 0.1) is 17.6 Å². The number of hydrogen-bond acceptors (Lipinski definition) is 4. The molecule has 2 rings (SSSR count). The number of nitrogens with one attached hydrogen (secondary N) is 2. The summed E-state index contributed by atoms with van der Waals surface area (Å²) in [6.07, 6.45) is 2.43. The van der Waals surface area contributed by atoms with E-state index in [1.807, 2.05) is 31.2 Å². The zero-order valence-electron chi connectivity index (χ0n) is 10.9. The van der Waals surface area contributed by atoms with Crippen molar-refractivity contribution in [3.63, 3.8) is 0 Å². The first kappa shape index (κ1) is 13.3. The van der Waals surface area contributed by atoms with Crippen LogP contribution in [0.1, 0.15) is 12.0 Å². The minimum atomic E-state index is -0.345. The summed E-state index contributed by atoms with van der Waals surface area (Å²) < 4.78 is 0. The van der Waals surface area contributed by atoms with E-state index >= 15 is 0 Å². The van der Waals surface area contributed by atoms with Crippen LogP contribution in [-0.2, 0) is 0 Å². The third-order valence-corrected chi connectivity index (χ3v) is 2.92. The Hall–Kier alpha value is -2.14. The number of nitrogens with zero attached hydrogens (tertiary/aromatic N) is 1. The largest absolute Gasteiger partial charge is 0.382 e. The average Bonchev–Trinajstić information content (AvgIpc) is 2.41. The Morgan fingerprint density at radius 3 is 2.89 bits per heavy atom. The van der Waals surface area contributed by atoms with E-state index < -0.39 is 0 Å². The highest BCUT2D eigenvalue weighted by Crippen LogP contribution is 2.26. The fraction of sp³-hybridized carbons (Fsp3) is 0.286. The van der Waals surface area contributed by atoms with Crippen molar-refractivity contribution >= 4 is 5.69 Å². The van der Waals surface area contributed by atoms with Gasteiger partial charge >= 0.3 is 5.69 Å². The Kier molecular flexibility index (Phi) is 4.30. The highest BCUT2D eigenvalue weighted by atomic mass is 16.1. The van der Waals surface area contributed by atoms with Crippen molar-refractivity contribution in [1.82, 2.24) is 9.97 Å². The molecule has 5 nitrogen and oxygen atoms in total. The molecule has 100 valence electrons. The normalized spacial score (nSPS) is 10.4. The Labute approximate surface area is 111 Å². The summed E-state index contributed by atoms with van der Waals surface area (Å²) in [5.41, 5.74) is 8.83. The predicted molar refractivity (Wildman–Crippen MR) is 77.2 cm³/mol. The van der Waals surface area contributed by atoms with Crippen LogP contribution in [0.4, 0.5) is 5.69 Å². The third kappa shape index (κ3) is 3.20. The molecule has 1 aromatic heterocycles.